The van der Waals surface area contributed by atoms with Gasteiger partial charge in [-0.15, -0.1) is 0 Å². The SMILES string of the molecule is CC(OC[C@@H](O)CNC(C)(C)Cc1ccc2ccccc2c1)c1ccccc1-c1ccc(C(=O)O)c(Cl)c1. The number of halogens is 1. The summed E-state index contributed by atoms with van der Waals surface area (Å²) in [5.41, 5.74) is 3.75. The maximum absolute atomic E-state index is 11.3. The second-order valence-electron chi connectivity index (χ2n) is 10.3. The molecule has 0 saturated carbocycles. The zero-order chi connectivity index (χ0) is 27.3. The zero-order valence-electron chi connectivity index (χ0n) is 21.9. The molecule has 0 aliphatic rings. The molecule has 0 aliphatic carbocycles. The van der Waals surface area contributed by atoms with E-state index in [1.807, 2.05) is 37.3 Å². The van der Waals surface area contributed by atoms with E-state index in [4.69, 9.17) is 16.3 Å². The van der Waals surface area contributed by atoms with Crippen LogP contribution in [-0.2, 0) is 11.2 Å². The lowest BCUT2D eigenvalue weighted by Gasteiger charge is -2.28. The first-order valence-electron chi connectivity index (χ1n) is 12.8. The number of hydrogen-bond donors (Lipinski definition) is 3. The first kappa shape index (κ1) is 27.8. The Bertz CT molecular complexity index is 1420. The van der Waals surface area contributed by atoms with Crippen LogP contribution in [0.15, 0.2) is 84.9 Å². The maximum atomic E-state index is 11.3. The standard InChI is InChI=1S/C32H34ClNO4/c1-21(27-10-6-7-11-28(27)25-14-15-29(31(36)37)30(33)17-25)38-20-26(35)19-34-32(2,3)18-22-12-13-23-8-4-5-9-24(23)16-22/h4-17,21,26,34-35H,18-20H2,1-3H3,(H,36,37)/t21?,26-/m0/s1. The van der Waals surface area contributed by atoms with E-state index < -0.39 is 12.1 Å². The minimum absolute atomic E-state index is 0.0661. The number of aliphatic hydroxyl groups is 1. The lowest BCUT2D eigenvalue weighted by Crippen LogP contribution is -2.46. The molecule has 38 heavy (non-hydrogen) atoms. The zero-order valence-corrected chi connectivity index (χ0v) is 22.7. The molecule has 4 aromatic carbocycles. The van der Waals surface area contributed by atoms with Crippen molar-refractivity contribution in [2.45, 2.75) is 44.9 Å². The molecular weight excluding hydrogens is 498 g/mol. The average Bonchev–Trinajstić information content (AvgIpc) is 2.90. The minimum Gasteiger partial charge on any atom is -0.478 e. The van der Waals surface area contributed by atoms with Crippen molar-refractivity contribution in [3.05, 3.63) is 107 Å². The molecule has 6 heteroatoms. The molecule has 0 spiro atoms. The number of carbonyl (C=O) groups is 1. The van der Waals surface area contributed by atoms with Crippen LogP contribution in [0.1, 0.15) is 48.4 Å². The molecule has 0 heterocycles. The summed E-state index contributed by atoms with van der Waals surface area (Å²) in [6.45, 7) is 6.79. The van der Waals surface area contributed by atoms with Crippen molar-refractivity contribution >= 4 is 28.3 Å². The number of hydrogen-bond acceptors (Lipinski definition) is 4. The topological polar surface area (TPSA) is 78.8 Å². The maximum Gasteiger partial charge on any atom is 0.337 e. The Kier molecular flexibility index (Phi) is 8.85. The van der Waals surface area contributed by atoms with Crippen molar-refractivity contribution in [3.63, 3.8) is 0 Å². The van der Waals surface area contributed by atoms with E-state index in [1.165, 1.54) is 22.4 Å². The molecule has 2 atom stereocenters. The third-order valence-electron chi connectivity index (χ3n) is 6.72. The highest BCUT2D eigenvalue weighted by atomic mass is 35.5. The fourth-order valence-corrected chi connectivity index (χ4v) is 4.95. The number of aliphatic hydroxyl groups excluding tert-OH is 1. The van der Waals surface area contributed by atoms with Crippen LogP contribution in [0, 0.1) is 0 Å². The Hall–Kier alpha value is -3.22. The summed E-state index contributed by atoms with van der Waals surface area (Å²) in [6, 6.07) is 27.6. The number of fused-ring (bicyclic) bond motifs is 1. The number of nitrogens with one attached hydrogen (secondary N) is 1. The molecule has 5 nitrogen and oxygen atoms in total. The second kappa shape index (κ2) is 12.1. The van der Waals surface area contributed by atoms with E-state index in [2.05, 4.69) is 55.6 Å². The number of β-amino-alcohol motifs (C(OH)–C–C–N with tert-alkyl or cyclic N) is 1. The van der Waals surface area contributed by atoms with Crippen LogP contribution in [0.2, 0.25) is 5.02 Å². The Morgan fingerprint density at radius 3 is 2.42 bits per heavy atom. The molecule has 4 rings (SSSR count). The minimum atomic E-state index is -1.06. The van der Waals surface area contributed by atoms with E-state index >= 15 is 0 Å². The van der Waals surface area contributed by atoms with Gasteiger partial charge in [0.15, 0.2) is 0 Å². The molecule has 4 aromatic rings. The highest BCUT2D eigenvalue weighted by molar-refractivity contribution is 6.33. The van der Waals surface area contributed by atoms with Crippen LogP contribution >= 0.6 is 11.6 Å². The predicted molar refractivity (Wildman–Crippen MR) is 154 cm³/mol. The van der Waals surface area contributed by atoms with Crippen LogP contribution in [-0.4, -0.2) is 41.0 Å². The van der Waals surface area contributed by atoms with Crippen molar-refractivity contribution in [2.24, 2.45) is 0 Å². The van der Waals surface area contributed by atoms with Crippen LogP contribution < -0.4 is 5.32 Å². The van der Waals surface area contributed by atoms with Crippen molar-refractivity contribution < 1.29 is 19.7 Å². The van der Waals surface area contributed by atoms with Gasteiger partial charge in [0.25, 0.3) is 0 Å². The fraction of sp³-hybridized carbons (Fsp3) is 0.281. The smallest absolute Gasteiger partial charge is 0.337 e. The first-order valence-corrected chi connectivity index (χ1v) is 13.2. The van der Waals surface area contributed by atoms with Crippen molar-refractivity contribution in [1.29, 1.82) is 0 Å². The Morgan fingerprint density at radius 2 is 1.68 bits per heavy atom. The molecule has 0 aromatic heterocycles. The van der Waals surface area contributed by atoms with Gasteiger partial charge < -0.3 is 20.3 Å². The monoisotopic (exact) mass is 531 g/mol. The molecule has 198 valence electrons. The number of carboxylic acid groups (broad SMARTS) is 1. The average molecular weight is 532 g/mol. The van der Waals surface area contributed by atoms with Crippen LogP contribution in [0.3, 0.4) is 0 Å². The highest BCUT2D eigenvalue weighted by Gasteiger charge is 2.21. The molecule has 0 aliphatic heterocycles. The lowest BCUT2D eigenvalue weighted by atomic mass is 9.93. The molecule has 0 amide bonds. The van der Waals surface area contributed by atoms with Crippen molar-refractivity contribution in [2.75, 3.05) is 13.2 Å². The normalized spacial score (nSPS) is 13.4. The highest BCUT2D eigenvalue weighted by Crippen LogP contribution is 2.32. The molecule has 0 radical (unpaired) electrons. The summed E-state index contributed by atoms with van der Waals surface area (Å²) >= 11 is 6.21. The molecule has 0 bridgehead atoms. The van der Waals surface area contributed by atoms with Gasteiger partial charge in [-0.05, 0) is 72.4 Å². The summed E-state index contributed by atoms with van der Waals surface area (Å²) in [5, 5.41) is 26.0. The molecule has 0 saturated heterocycles. The third kappa shape index (κ3) is 7.00. The van der Waals surface area contributed by atoms with Gasteiger partial charge in [-0.1, -0.05) is 84.4 Å². The van der Waals surface area contributed by atoms with Crippen LogP contribution in [0.25, 0.3) is 21.9 Å². The van der Waals surface area contributed by atoms with Crippen LogP contribution in [0.5, 0.6) is 0 Å². The summed E-state index contributed by atoms with van der Waals surface area (Å²) < 4.78 is 6.06. The summed E-state index contributed by atoms with van der Waals surface area (Å²) in [7, 11) is 0. The van der Waals surface area contributed by atoms with Gasteiger partial charge in [0.1, 0.15) is 0 Å². The van der Waals surface area contributed by atoms with Crippen LogP contribution in [0.4, 0.5) is 0 Å². The number of ether oxygens (including phenoxy) is 1. The van der Waals surface area contributed by atoms with Gasteiger partial charge in [0.05, 0.1) is 29.4 Å². The van der Waals surface area contributed by atoms with Crippen molar-refractivity contribution in [1.82, 2.24) is 5.32 Å². The van der Waals surface area contributed by atoms with Crippen molar-refractivity contribution in [3.8, 4) is 11.1 Å². The van der Waals surface area contributed by atoms with Gasteiger partial charge in [0.2, 0.25) is 0 Å². The van der Waals surface area contributed by atoms with Gasteiger partial charge in [0, 0.05) is 12.1 Å². The van der Waals surface area contributed by atoms with Gasteiger partial charge in [-0.3, -0.25) is 0 Å². The van der Waals surface area contributed by atoms with E-state index in [1.54, 1.807) is 12.1 Å². The van der Waals surface area contributed by atoms with Gasteiger partial charge >= 0.3 is 5.97 Å². The molecule has 3 N–H and O–H groups in total. The summed E-state index contributed by atoms with van der Waals surface area (Å²) in [5.74, 6) is -1.06. The summed E-state index contributed by atoms with van der Waals surface area (Å²) in [6.07, 6.45) is -0.132. The van der Waals surface area contributed by atoms with Gasteiger partial charge in [-0.2, -0.15) is 0 Å². The molecule has 1 unspecified atom stereocenters. The predicted octanol–water partition coefficient (Wildman–Crippen LogP) is 6.91. The first-order chi connectivity index (χ1) is 18.1. The van der Waals surface area contributed by atoms with E-state index in [0.717, 1.165) is 23.1 Å². The fourth-order valence-electron chi connectivity index (χ4n) is 4.69. The summed E-state index contributed by atoms with van der Waals surface area (Å²) in [4.78, 5) is 11.3. The van der Waals surface area contributed by atoms with Gasteiger partial charge in [-0.25, -0.2) is 4.79 Å². The number of aromatic carboxylic acids is 1. The second-order valence-corrected chi connectivity index (χ2v) is 10.7. The Labute approximate surface area is 229 Å². The van der Waals surface area contributed by atoms with E-state index in [9.17, 15) is 15.0 Å². The lowest BCUT2D eigenvalue weighted by molar-refractivity contribution is -0.00397. The molecule has 0 fully saturated rings. The Balaban J connectivity index is 1.34. The Morgan fingerprint density at radius 1 is 0.974 bits per heavy atom. The van der Waals surface area contributed by atoms with E-state index in [0.29, 0.717) is 6.54 Å². The molecular formula is C32H34ClNO4. The van der Waals surface area contributed by atoms with E-state index in [-0.39, 0.29) is 28.8 Å². The largest absolute Gasteiger partial charge is 0.478 e. The number of rotatable bonds is 11. The quantitative estimate of drug-likeness (QED) is 0.196. The number of carboxylic acids is 1. The number of benzene rings is 4. The third-order valence-corrected chi connectivity index (χ3v) is 7.04.